The van der Waals surface area contributed by atoms with Crippen LogP contribution in [0.15, 0.2) is 24.3 Å². The van der Waals surface area contributed by atoms with Crippen LogP contribution in [0.1, 0.15) is 75.7 Å². The minimum absolute atomic E-state index is 0.0377. The summed E-state index contributed by atoms with van der Waals surface area (Å²) >= 11 is 0. The van der Waals surface area contributed by atoms with Crippen LogP contribution in [0, 0.1) is 11.8 Å². The molecule has 0 bridgehead atoms. The van der Waals surface area contributed by atoms with Crippen LogP contribution in [0.5, 0.6) is 5.75 Å². The molecule has 4 rings (SSSR count). The van der Waals surface area contributed by atoms with Gasteiger partial charge in [0.05, 0.1) is 13.2 Å². The van der Waals surface area contributed by atoms with Gasteiger partial charge in [-0.25, -0.2) is 0 Å². The number of benzene rings is 1. The van der Waals surface area contributed by atoms with Crippen molar-refractivity contribution >= 4 is 34.9 Å². The highest BCUT2D eigenvalue weighted by atomic mass is 16.5. The standard InChI is InChI=1S/C28H38N4O5/c1-17(2)12-22(31-27(36)23-14-20-21(30-23)8-7-9-24(20)37-3)26(35)29-19(16-33)13-18-15-28(32-25(18)34)10-5-4-6-11-28/h7-9,14,16-19,22,30H,4-6,10-13,15H2,1-3H3,(H,29,35)(H,31,36)(H,32,34). The largest absolute Gasteiger partial charge is 0.496 e. The van der Waals surface area contributed by atoms with Gasteiger partial charge in [0.15, 0.2) is 0 Å². The van der Waals surface area contributed by atoms with Crippen molar-refractivity contribution in [2.24, 2.45) is 11.8 Å². The number of hydrogen-bond acceptors (Lipinski definition) is 5. The first-order valence-corrected chi connectivity index (χ1v) is 13.3. The topological polar surface area (TPSA) is 129 Å². The van der Waals surface area contributed by atoms with Crippen LogP contribution in [0.4, 0.5) is 0 Å². The van der Waals surface area contributed by atoms with E-state index in [4.69, 9.17) is 4.74 Å². The monoisotopic (exact) mass is 510 g/mol. The molecule has 1 aliphatic heterocycles. The fraction of sp³-hybridized carbons (Fsp3) is 0.571. The van der Waals surface area contributed by atoms with E-state index in [2.05, 4.69) is 20.9 Å². The van der Waals surface area contributed by atoms with Crippen LogP contribution in [-0.4, -0.2) is 53.7 Å². The highest BCUT2D eigenvalue weighted by Gasteiger charge is 2.45. The first-order valence-electron chi connectivity index (χ1n) is 13.3. The number of aldehydes is 1. The summed E-state index contributed by atoms with van der Waals surface area (Å²) in [5, 5.41) is 9.55. The summed E-state index contributed by atoms with van der Waals surface area (Å²) in [6, 6.07) is 5.55. The third kappa shape index (κ3) is 6.14. The first kappa shape index (κ1) is 26.7. The average molecular weight is 511 g/mol. The lowest BCUT2D eigenvalue weighted by atomic mass is 9.78. The van der Waals surface area contributed by atoms with E-state index in [1.54, 1.807) is 13.2 Å². The predicted molar refractivity (Wildman–Crippen MR) is 140 cm³/mol. The number of aromatic nitrogens is 1. The summed E-state index contributed by atoms with van der Waals surface area (Å²) < 4.78 is 5.37. The molecule has 37 heavy (non-hydrogen) atoms. The lowest BCUT2D eigenvalue weighted by molar-refractivity contribution is -0.127. The Hall–Kier alpha value is -3.36. The number of aromatic amines is 1. The number of fused-ring (bicyclic) bond motifs is 1. The van der Waals surface area contributed by atoms with Gasteiger partial charge < -0.3 is 30.5 Å². The molecule has 2 fully saturated rings. The smallest absolute Gasteiger partial charge is 0.268 e. The second-order valence-electron chi connectivity index (χ2n) is 11.0. The Labute approximate surface area is 217 Å². The lowest BCUT2D eigenvalue weighted by Crippen LogP contribution is -2.51. The molecule has 200 valence electrons. The maximum absolute atomic E-state index is 13.2. The Morgan fingerprint density at radius 1 is 1.19 bits per heavy atom. The van der Waals surface area contributed by atoms with Crippen molar-refractivity contribution in [2.45, 2.75) is 82.8 Å². The quantitative estimate of drug-likeness (QED) is 0.365. The zero-order chi connectivity index (χ0) is 26.6. The van der Waals surface area contributed by atoms with Gasteiger partial charge in [0.25, 0.3) is 5.91 Å². The number of H-pyrrole nitrogens is 1. The second-order valence-corrected chi connectivity index (χ2v) is 11.0. The van der Waals surface area contributed by atoms with Gasteiger partial charge in [-0.3, -0.25) is 14.4 Å². The van der Waals surface area contributed by atoms with Gasteiger partial charge in [-0.05, 0) is 56.2 Å². The normalized spacial score (nSPS) is 20.4. The number of nitrogens with one attached hydrogen (secondary N) is 4. The minimum Gasteiger partial charge on any atom is -0.496 e. The molecule has 3 unspecified atom stereocenters. The maximum atomic E-state index is 13.2. The van der Waals surface area contributed by atoms with Crippen molar-refractivity contribution in [3.63, 3.8) is 0 Å². The molecule has 4 N–H and O–H groups in total. The Bertz CT molecular complexity index is 1150. The summed E-state index contributed by atoms with van der Waals surface area (Å²) in [5.41, 5.74) is 0.905. The minimum atomic E-state index is -0.828. The maximum Gasteiger partial charge on any atom is 0.268 e. The summed E-state index contributed by atoms with van der Waals surface area (Å²) in [4.78, 5) is 53.9. The molecule has 1 aliphatic carbocycles. The average Bonchev–Trinajstić information content (AvgIpc) is 3.44. The van der Waals surface area contributed by atoms with Crippen LogP contribution in [0.2, 0.25) is 0 Å². The van der Waals surface area contributed by atoms with Gasteiger partial charge in [0.2, 0.25) is 11.8 Å². The molecule has 1 saturated carbocycles. The molecule has 2 aliphatic rings. The molecule has 0 radical (unpaired) electrons. The van der Waals surface area contributed by atoms with Crippen molar-refractivity contribution in [1.82, 2.24) is 20.9 Å². The van der Waals surface area contributed by atoms with Crippen LogP contribution in [0.25, 0.3) is 10.9 Å². The van der Waals surface area contributed by atoms with Crippen LogP contribution >= 0.6 is 0 Å². The Balaban J connectivity index is 1.41. The molecule has 2 aromatic rings. The van der Waals surface area contributed by atoms with E-state index in [1.807, 2.05) is 32.0 Å². The van der Waals surface area contributed by atoms with Crippen molar-refractivity contribution in [2.75, 3.05) is 7.11 Å². The summed E-state index contributed by atoms with van der Waals surface area (Å²) in [6.07, 6.45) is 7.36. The zero-order valence-corrected chi connectivity index (χ0v) is 21.9. The highest BCUT2D eigenvalue weighted by Crippen LogP contribution is 2.39. The number of rotatable bonds is 10. The Morgan fingerprint density at radius 3 is 2.62 bits per heavy atom. The van der Waals surface area contributed by atoms with Gasteiger partial charge in [-0.15, -0.1) is 0 Å². The molecule has 2 heterocycles. The number of amides is 3. The number of hydrogen-bond donors (Lipinski definition) is 4. The molecular weight excluding hydrogens is 472 g/mol. The van der Waals surface area contributed by atoms with Gasteiger partial charge in [-0.2, -0.15) is 0 Å². The van der Waals surface area contributed by atoms with Gasteiger partial charge in [0.1, 0.15) is 23.8 Å². The van der Waals surface area contributed by atoms with Gasteiger partial charge >= 0.3 is 0 Å². The third-order valence-corrected chi connectivity index (χ3v) is 7.65. The zero-order valence-electron chi connectivity index (χ0n) is 21.9. The fourth-order valence-corrected chi connectivity index (χ4v) is 5.83. The first-order chi connectivity index (χ1) is 17.7. The van der Waals surface area contributed by atoms with Crippen LogP contribution < -0.4 is 20.7 Å². The van der Waals surface area contributed by atoms with Crippen molar-refractivity contribution in [3.8, 4) is 5.75 Å². The molecule has 9 heteroatoms. The van der Waals surface area contributed by atoms with Crippen molar-refractivity contribution < 1.29 is 23.9 Å². The fourth-order valence-electron chi connectivity index (χ4n) is 5.83. The van der Waals surface area contributed by atoms with E-state index in [-0.39, 0.29) is 29.7 Å². The molecule has 3 amide bonds. The molecular formula is C28H38N4O5. The summed E-state index contributed by atoms with van der Waals surface area (Å²) in [7, 11) is 1.57. The van der Waals surface area contributed by atoms with Crippen LogP contribution in [-0.2, 0) is 14.4 Å². The molecule has 1 saturated heterocycles. The van der Waals surface area contributed by atoms with Gasteiger partial charge in [-0.1, -0.05) is 39.2 Å². The second kappa shape index (κ2) is 11.4. The summed E-state index contributed by atoms with van der Waals surface area (Å²) in [6.45, 7) is 3.92. The lowest BCUT2D eigenvalue weighted by Gasteiger charge is -2.33. The van der Waals surface area contributed by atoms with E-state index in [1.165, 1.54) is 6.42 Å². The SMILES string of the molecule is COc1cccc2[nH]c(C(=O)NC(CC(C)C)C(=O)NC(C=O)CC3CC4(CCCCC4)NC3=O)cc12. The van der Waals surface area contributed by atoms with Crippen LogP contribution in [0.3, 0.4) is 0 Å². The number of carbonyl (C=O) groups excluding carboxylic acids is 4. The van der Waals surface area contributed by atoms with Crippen molar-refractivity contribution in [3.05, 3.63) is 30.0 Å². The van der Waals surface area contributed by atoms with E-state index in [0.717, 1.165) is 36.6 Å². The Morgan fingerprint density at radius 2 is 1.95 bits per heavy atom. The molecule has 1 aromatic heterocycles. The molecule has 1 aromatic carbocycles. The number of carbonyl (C=O) groups is 4. The third-order valence-electron chi connectivity index (χ3n) is 7.65. The van der Waals surface area contributed by atoms with E-state index >= 15 is 0 Å². The highest BCUT2D eigenvalue weighted by molar-refractivity contribution is 6.01. The molecule has 3 atom stereocenters. The van der Waals surface area contributed by atoms with E-state index in [9.17, 15) is 19.2 Å². The van der Waals surface area contributed by atoms with E-state index < -0.39 is 23.9 Å². The molecule has 9 nitrogen and oxygen atoms in total. The number of methoxy groups -OCH3 is 1. The summed E-state index contributed by atoms with van der Waals surface area (Å²) in [5.74, 6) is -0.434. The van der Waals surface area contributed by atoms with Crippen molar-refractivity contribution in [1.29, 1.82) is 0 Å². The number of ether oxygens (including phenoxy) is 1. The Kier molecular flexibility index (Phi) is 8.19. The van der Waals surface area contributed by atoms with Gasteiger partial charge in [0, 0.05) is 22.4 Å². The predicted octanol–water partition coefficient (Wildman–Crippen LogP) is 3.23. The van der Waals surface area contributed by atoms with E-state index in [0.29, 0.717) is 30.6 Å². The molecule has 1 spiro atoms.